The molecule has 0 amide bonds. The van der Waals surface area contributed by atoms with E-state index in [1.165, 1.54) is 0 Å². The molecule has 0 spiro atoms. The lowest BCUT2D eigenvalue weighted by molar-refractivity contribution is 0.415. The molecule has 0 bridgehead atoms. The number of benzene rings is 1. The van der Waals surface area contributed by atoms with Gasteiger partial charge in [0.15, 0.2) is 0 Å². The SMILES string of the molecule is COc1ccc(-n2cnnn2)c(NCc2cnc(C)n2C)c1. The lowest BCUT2D eigenvalue weighted by Gasteiger charge is -2.13. The number of ether oxygens (including phenoxy) is 1. The zero-order valence-corrected chi connectivity index (χ0v) is 12.7. The fraction of sp³-hybridized carbons (Fsp3) is 0.286. The second-order valence-corrected chi connectivity index (χ2v) is 4.85. The van der Waals surface area contributed by atoms with Crippen LogP contribution in [0.15, 0.2) is 30.7 Å². The van der Waals surface area contributed by atoms with Gasteiger partial charge >= 0.3 is 0 Å². The first-order valence-electron chi connectivity index (χ1n) is 6.81. The van der Waals surface area contributed by atoms with Crippen molar-refractivity contribution in [2.75, 3.05) is 12.4 Å². The van der Waals surface area contributed by atoms with Crippen molar-refractivity contribution in [3.63, 3.8) is 0 Å². The van der Waals surface area contributed by atoms with Crippen molar-refractivity contribution < 1.29 is 4.74 Å². The number of nitrogens with zero attached hydrogens (tertiary/aromatic N) is 6. The highest BCUT2D eigenvalue weighted by molar-refractivity contribution is 5.63. The van der Waals surface area contributed by atoms with Crippen LogP contribution in [0.4, 0.5) is 5.69 Å². The Labute approximate surface area is 127 Å². The van der Waals surface area contributed by atoms with Crippen molar-refractivity contribution in [2.45, 2.75) is 13.5 Å². The minimum absolute atomic E-state index is 0.639. The molecule has 0 atom stereocenters. The molecule has 0 radical (unpaired) electrons. The zero-order chi connectivity index (χ0) is 15.5. The van der Waals surface area contributed by atoms with Gasteiger partial charge < -0.3 is 14.6 Å². The fourth-order valence-corrected chi connectivity index (χ4v) is 2.15. The molecule has 22 heavy (non-hydrogen) atoms. The number of hydrogen-bond donors (Lipinski definition) is 1. The summed E-state index contributed by atoms with van der Waals surface area (Å²) in [6.07, 6.45) is 3.42. The van der Waals surface area contributed by atoms with Gasteiger partial charge in [-0.25, -0.2) is 4.98 Å². The van der Waals surface area contributed by atoms with E-state index in [-0.39, 0.29) is 0 Å². The van der Waals surface area contributed by atoms with Crippen molar-refractivity contribution in [2.24, 2.45) is 7.05 Å². The van der Waals surface area contributed by atoms with Crippen LogP contribution in [0.5, 0.6) is 5.75 Å². The molecule has 8 nitrogen and oxygen atoms in total. The van der Waals surface area contributed by atoms with Crippen LogP contribution < -0.4 is 10.1 Å². The van der Waals surface area contributed by atoms with Crippen molar-refractivity contribution in [3.05, 3.63) is 42.2 Å². The molecule has 2 aromatic heterocycles. The average molecular weight is 299 g/mol. The Morgan fingerprint density at radius 1 is 1.32 bits per heavy atom. The van der Waals surface area contributed by atoms with Crippen LogP contribution in [0, 0.1) is 6.92 Å². The maximum atomic E-state index is 5.29. The van der Waals surface area contributed by atoms with Gasteiger partial charge in [0.2, 0.25) is 0 Å². The molecule has 0 unspecified atom stereocenters. The van der Waals surface area contributed by atoms with Crippen LogP contribution in [-0.2, 0) is 13.6 Å². The highest BCUT2D eigenvalue weighted by Crippen LogP contribution is 2.25. The maximum absolute atomic E-state index is 5.29. The lowest BCUT2D eigenvalue weighted by atomic mass is 10.2. The third kappa shape index (κ3) is 2.62. The number of hydrogen-bond acceptors (Lipinski definition) is 6. The van der Waals surface area contributed by atoms with Crippen molar-refractivity contribution in [1.82, 2.24) is 29.8 Å². The highest BCUT2D eigenvalue weighted by atomic mass is 16.5. The Balaban J connectivity index is 1.89. The maximum Gasteiger partial charge on any atom is 0.143 e. The van der Waals surface area contributed by atoms with Gasteiger partial charge in [0.05, 0.1) is 36.9 Å². The number of tetrazole rings is 1. The molecule has 3 rings (SSSR count). The van der Waals surface area contributed by atoms with Crippen molar-refractivity contribution in [1.29, 1.82) is 0 Å². The summed E-state index contributed by atoms with van der Waals surface area (Å²) in [5, 5.41) is 14.7. The first-order chi connectivity index (χ1) is 10.7. The molecule has 3 aromatic rings. The number of nitrogens with one attached hydrogen (secondary N) is 1. The number of methoxy groups -OCH3 is 1. The molecule has 0 saturated heterocycles. The molecule has 8 heteroatoms. The smallest absolute Gasteiger partial charge is 0.143 e. The summed E-state index contributed by atoms with van der Waals surface area (Å²) >= 11 is 0. The van der Waals surface area contributed by atoms with Crippen LogP contribution in [0.25, 0.3) is 5.69 Å². The summed E-state index contributed by atoms with van der Waals surface area (Å²) in [6, 6.07) is 5.70. The summed E-state index contributed by atoms with van der Waals surface area (Å²) in [7, 11) is 3.63. The van der Waals surface area contributed by atoms with Crippen LogP contribution in [0.1, 0.15) is 11.5 Å². The van der Waals surface area contributed by atoms with Crippen LogP contribution in [0.2, 0.25) is 0 Å². The topological polar surface area (TPSA) is 82.7 Å². The lowest BCUT2D eigenvalue weighted by Crippen LogP contribution is -2.08. The van der Waals surface area contributed by atoms with Crippen LogP contribution >= 0.6 is 0 Å². The summed E-state index contributed by atoms with van der Waals surface area (Å²) in [5.74, 6) is 1.74. The van der Waals surface area contributed by atoms with Gasteiger partial charge in [0.1, 0.15) is 17.9 Å². The number of aromatic nitrogens is 6. The van der Waals surface area contributed by atoms with E-state index in [0.29, 0.717) is 6.54 Å². The summed E-state index contributed by atoms with van der Waals surface area (Å²) in [4.78, 5) is 4.30. The average Bonchev–Trinajstić information content (AvgIpc) is 3.17. The minimum Gasteiger partial charge on any atom is -0.497 e. The molecule has 0 saturated carbocycles. The third-order valence-electron chi connectivity index (χ3n) is 3.58. The quantitative estimate of drug-likeness (QED) is 0.765. The van der Waals surface area contributed by atoms with Crippen molar-refractivity contribution >= 4 is 5.69 Å². The number of imidazole rings is 1. The monoisotopic (exact) mass is 299 g/mol. The molecular formula is C14H17N7O. The van der Waals surface area contributed by atoms with E-state index in [0.717, 1.165) is 28.6 Å². The predicted octanol–water partition coefficient (Wildman–Crippen LogP) is 1.32. The first-order valence-corrected chi connectivity index (χ1v) is 6.81. The number of aryl methyl sites for hydroxylation is 1. The van der Waals surface area contributed by atoms with Gasteiger partial charge in [-0.15, -0.1) is 5.10 Å². The Morgan fingerprint density at radius 2 is 2.18 bits per heavy atom. The van der Waals surface area contributed by atoms with E-state index in [2.05, 4.69) is 25.8 Å². The number of anilines is 1. The third-order valence-corrected chi connectivity index (χ3v) is 3.58. The molecule has 0 aliphatic heterocycles. The van der Waals surface area contributed by atoms with E-state index in [9.17, 15) is 0 Å². The van der Waals surface area contributed by atoms with Gasteiger partial charge in [0, 0.05) is 13.1 Å². The largest absolute Gasteiger partial charge is 0.497 e. The van der Waals surface area contributed by atoms with E-state index < -0.39 is 0 Å². The van der Waals surface area contributed by atoms with Gasteiger partial charge in [-0.3, -0.25) is 0 Å². The minimum atomic E-state index is 0.639. The molecule has 0 fully saturated rings. The second-order valence-electron chi connectivity index (χ2n) is 4.85. The Morgan fingerprint density at radius 3 is 2.82 bits per heavy atom. The fourth-order valence-electron chi connectivity index (χ4n) is 2.15. The Kier molecular flexibility index (Phi) is 3.73. The van der Waals surface area contributed by atoms with Crippen molar-refractivity contribution in [3.8, 4) is 11.4 Å². The van der Waals surface area contributed by atoms with Gasteiger partial charge in [-0.2, -0.15) is 4.68 Å². The van der Waals surface area contributed by atoms with E-state index in [1.54, 1.807) is 18.1 Å². The van der Waals surface area contributed by atoms with Crippen LogP contribution in [-0.4, -0.2) is 36.9 Å². The van der Waals surface area contributed by atoms with E-state index in [1.807, 2.05) is 42.9 Å². The molecule has 0 aliphatic carbocycles. The molecule has 0 aliphatic rings. The number of rotatable bonds is 5. The zero-order valence-electron chi connectivity index (χ0n) is 12.7. The summed E-state index contributed by atoms with van der Waals surface area (Å²) in [5.41, 5.74) is 2.82. The highest BCUT2D eigenvalue weighted by Gasteiger charge is 2.09. The molecule has 1 N–H and O–H groups in total. The van der Waals surface area contributed by atoms with E-state index >= 15 is 0 Å². The summed E-state index contributed by atoms with van der Waals surface area (Å²) < 4.78 is 8.94. The summed E-state index contributed by atoms with van der Waals surface area (Å²) in [6.45, 7) is 2.61. The molecule has 1 aromatic carbocycles. The van der Waals surface area contributed by atoms with Gasteiger partial charge in [-0.1, -0.05) is 0 Å². The molecule has 114 valence electrons. The van der Waals surface area contributed by atoms with Gasteiger partial charge in [-0.05, 0) is 29.5 Å². The van der Waals surface area contributed by atoms with Crippen LogP contribution in [0.3, 0.4) is 0 Å². The first kappa shape index (κ1) is 14.1. The molecular weight excluding hydrogens is 282 g/mol. The van der Waals surface area contributed by atoms with Gasteiger partial charge in [0.25, 0.3) is 0 Å². The Bertz CT molecular complexity index is 764. The molecule has 2 heterocycles. The Hall–Kier alpha value is -2.90. The van der Waals surface area contributed by atoms with E-state index in [4.69, 9.17) is 4.74 Å². The normalized spacial score (nSPS) is 10.7. The second kappa shape index (κ2) is 5.84. The standard InChI is InChI=1S/C14H17N7O/c1-10-15-7-11(20(10)2)8-16-13-6-12(22-3)4-5-14(13)21-9-17-18-19-21/h4-7,9,16H,8H2,1-3H3. The predicted molar refractivity (Wildman–Crippen MR) is 81.0 cm³/mol.